The third kappa shape index (κ3) is 1.88. The maximum Gasteiger partial charge on any atom is 0.328 e. The van der Waals surface area contributed by atoms with E-state index < -0.39 is 5.54 Å². The third-order valence-electron chi connectivity index (χ3n) is 2.08. The van der Waals surface area contributed by atoms with Crippen LogP contribution in [-0.4, -0.2) is 38.9 Å². The lowest BCUT2D eigenvalue weighted by atomic mass is 10.00. The Morgan fingerprint density at radius 3 is 2.67 bits per heavy atom. The van der Waals surface area contributed by atoms with Crippen LogP contribution in [0.5, 0.6) is 0 Å². The average Bonchev–Trinajstić information content (AvgIpc) is 2.52. The summed E-state index contributed by atoms with van der Waals surface area (Å²) in [7, 11) is 3.13. The Morgan fingerprint density at radius 2 is 2.33 bits per heavy atom. The summed E-state index contributed by atoms with van der Waals surface area (Å²) in [6.45, 7) is 1.03. The van der Waals surface area contributed by atoms with Gasteiger partial charge >= 0.3 is 5.97 Å². The highest BCUT2D eigenvalue weighted by Crippen LogP contribution is 2.19. The van der Waals surface area contributed by atoms with Crippen LogP contribution in [0.15, 0.2) is 0 Å². The number of esters is 1. The van der Waals surface area contributed by atoms with Gasteiger partial charge in [0.25, 0.3) is 0 Å². The maximum absolute atomic E-state index is 11.2. The molecule has 12 heavy (non-hydrogen) atoms. The van der Waals surface area contributed by atoms with E-state index in [9.17, 15) is 4.79 Å². The molecule has 0 radical (unpaired) electrons. The van der Waals surface area contributed by atoms with Crippen LogP contribution >= 0.6 is 12.4 Å². The van der Waals surface area contributed by atoms with E-state index in [1.54, 1.807) is 7.05 Å². The van der Waals surface area contributed by atoms with Crippen molar-refractivity contribution >= 4 is 18.4 Å². The molecular formula is C7H14ClNO3. The van der Waals surface area contributed by atoms with E-state index in [-0.39, 0.29) is 18.4 Å². The van der Waals surface area contributed by atoms with Gasteiger partial charge < -0.3 is 14.8 Å². The number of ether oxygens (including phenoxy) is 2. The third-order valence-corrected chi connectivity index (χ3v) is 2.08. The maximum atomic E-state index is 11.2. The number of methoxy groups -OCH3 is 1. The van der Waals surface area contributed by atoms with Crippen molar-refractivity contribution in [3.8, 4) is 0 Å². The van der Waals surface area contributed by atoms with E-state index in [2.05, 4.69) is 10.1 Å². The molecule has 4 nitrogen and oxygen atoms in total. The number of halogens is 1. The van der Waals surface area contributed by atoms with Crippen molar-refractivity contribution in [3.05, 3.63) is 0 Å². The predicted molar refractivity (Wildman–Crippen MR) is 46.5 cm³/mol. The fraction of sp³-hybridized carbons (Fsp3) is 0.857. The Morgan fingerprint density at radius 1 is 1.67 bits per heavy atom. The SMILES string of the molecule is CNC1(C(=O)OC)CCOC1.Cl. The first kappa shape index (κ1) is 11.7. The van der Waals surface area contributed by atoms with Crippen LogP contribution in [0.25, 0.3) is 0 Å². The minimum Gasteiger partial charge on any atom is -0.468 e. The molecule has 0 amide bonds. The van der Waals surface area contributed by atoms with E-state index in [1.807, 2.05) is 0 Å². The van der Waals surface area contributed by atoms with Crippen LogP contribution in [0, 0.1) is 0 Å². The quantitative estimate of drug-likeness (QED) is 0.629. The van der Waals surface area contributed by atoms with Crippen LogP contribution in [0.1, 0.15) is 6.42 Å². The molecule has 0 aromatic carbocycles. The Labute approximate surface area is 78.0 Å². The zero-order valence-corrected chi connectivity index (χ0v) is 8.07. The molecule has 1 atom stereocenters. The average molecular weight is 196 g/mol. The molecule has 1 unspecified atom stereocenters. The summed E-state index contributed by atoms with van der Waals surface area (Å²) in [5.41, 5.74) is -0.589. The van der Waals surface area contributed by atoms with Gasteiger partial charge in [-0.15, -0.1) is 12.4 Å². The van der Waals surface area contributed by atoms with Crippen molar-refractivity contribution in [1.82, 2.24) is 5.32 Å². The van der Waals surface area contributed by atoms with Gasteiger partial charge in [-0.1, -0.05) is 0 Å². The second-order valence-corrected chi connectivity index (χ2v) is 2.63. The summed E-state index contributed by atoms with van der Waals surface area (Å²) in [6, 6.07) is 0. The van der Waals surface area contributed by atoms with E-state index in [1.165, 1.54) is 7.11 Å². The molecule has 1 rings (SSSR count). The summed E-state index contributed by atoms with van der Waals surface area (Å²) in [5, 5.41) is 2.93. The number of hydrogen-bond donors (Lipinski definition) is 1. The lowest BCUT2D eigenvalue weighted by Gasteiger charge is -2.22. The van der Waals surface area contributed by atoms with Gasteiger partial charge in [0.15, 0.2) is 0 Å². The molecule has 0 aromatic heterocycles. The molecule has 72 valence electrons. The van der Waals surface area contributed by atoms with Crippen molar-refractivity contribution in [1.29, 1.82) is 0 Å². The Bertz CT molecular complexity index is 157. The lowest BCUT2D eigenvalue weighted by molar-refractivity contribution is -0.148. The minimum absolute atomic E-state index is 0. The van der Waals surface area contributed by atoms with Gasteiger partial charge in [-0.25, -0.2) is 4.79 Å². The van der Waals surface area contributed by atoms with E-state index in [0.29, 0.717) is 19.6 Å². The topological polar surface area (TPSA) is 47.6 Å². The zero-order valence-electron chi connectivity index (χ0n) is 7.25. The highest BCUT2D eigenvalue weighted by Gasteiger charge is 2.41. The fourth-order valence-corrected chi connectivity index (χ4v) is 1.22. The first-order chi connectivity index (χ1) is 5.25. The number of rotatable bonds is 2. The van der Waals surface area contributed by atoms with Gasteiger partial charge in [-0.2, -0.15) is 0 Å². The molecule has 1 heterocycles. The van der Waals surface area contributed by atoms with Gasteiger partial charge in [0.2, 0.25) is 0 Å². The Hall–Kier alpha value is -0.320. The van der Waals surface area contributed by atoms with Crippen LogP contribution < -0.4 is 5.32 Å². The summed E-state index contributed by atoms with van der Waals surface area (Å²) in [4.78, 5) is 11.2. The van der Waals surface area contributed by atoms with Gasteiger partial charge in [0.1, 0.15) is 5.54 Å². The van der Waals surface area contributed by atoms with Gasteiger partial charge in [0.05, 0.1) is 13.7 Å². The van der Waals surface area contributed by atoms with Gasteiger partial charge in [0, 0.05) is 13.0 Å². The number of carbonyl (C=O) groups excluding carboxylic acids is 1. The van der Waals surface area contributed by atoms with Crippen molar-refractivity contribution in [2.24, 2.45) is 0 Å². The van der Waals surface area contributed by atoms with Gasteiger partial charge in [-0.3, -0.25) is 0 Å². The molecule has 1 N–H and O–H groups in total. The molecule has 5 heteroatoms. The molecule has 1 aliphatic heterocycles. The molecule has 0 bridgehead atoms. The Kier molecular flexibility index (Phi) is 4.52. The molecule has 0 aliphatic carbocycles. The second-order valence-electron chi connectivity index (χ2n) is 2.63. The highest BCUT2D eigenvalue weighted by molar-refractivity contribution is 5.85. The lowest BCUT2D eigenvalue weighted by Crippen LogP contribution is -2.51. The van der Waals surface area contributed by atoms with Crippen molar-refractivity contribution in [2.45, 2.75) is 12.0 Å². The van der Waals surface area contributed by atoms with Crippen molar-refractivity contribution in [2.75, 3.05) is 27.4 Å². The fourth-order valence-electron chi connectivity index (χ4n) is 1.22. The molecule has 0 saturated carbocycles. The monoisotopic (exact) mass is 195 g/mol. The van der Waals surface area contributed by atoms with E-state index >= 15 is 0 Å². The van der Waals surface area contributed by atoms with Crippen LogP contribution in [0.2, 0.25) is 0 Å². The van der Waals surface area contributed by atoms with Crippen LogP contribution in [-0.2, 0) is 14.3 Å². The summed E-state index contributed by atoms with van der Waals surface area (Å²) < 4.78 is 9.76. The second kappa shape index (κ2) is 4.64. The predicted octanol–water partition coefficient (Wildman–Crippen LogP) is -0.0403. The summed E-state index contributed by atoms with van der Waals surface area (Å²) in [6.07, 6.45) is 0.691. The zero-order chi connectivity index (χ0) is 8.32. The van der Waals surface area contributed by atoms with Gasteiger partial charge in [-0.05, 0) is 7.05 Å². The van der Waals surface area contributed by atoms with Crippen molar-refractivity contribution in [3.63, 3.8) is 0 Å². The summed E-state index contributed by atoms with van der Waals surface area (Å²) in [5.74, 6) is -0.238. The molecule has 0 aromatic rings. The normalized spacial score (nSPS) is 27.8. The molecular weight excluding hydrogens is 182 g/mol. The Balaban J connectivity index is 0.00000121. The summed E-state index contributed by atoms with van der Waals surface area (Å²) >= 11 is 0. The number of likely N-dealkylation sites (N-methyl/N-ethyl adjacent to an activating group) is 1. The van der Waals surface area contributed by atoms with Crippen LogP contribution in [0.4, 0.5) is 0 Å². The molecule has 1 fully saturated rings. The minimum atomic E-state index is -0.589. The number of nitrogens with one attached hydrogen (secondary N) is 1. The smallest absolute Gasteiger partial charge is 0.328 e. The van der Waals surface area contributed by atoms with E-state index in [4.69, 9.17) is 4.74 Å². The van der Waals surface area contributed by atoms with Crippen LogP contribution in [0.3, 0.4) is 0 Å². The molecule has 1 saturated heterocycles. The van der Waals surface area contributed by atoms with E-state index in [0.717, 1.165) is 0 Å². The van der Waals surface area contributed by atoms with Crippen molar-refractivity contribution < 1.29 is 14.3 Å². The first-order valence-corrected chi connectivity index (χ1v) is 3.60. The number of hydrogen-bond acceptors (Lipinski definition) is 4. The molecule has 0 spiro atoms. The molecule has 1 aliphatic rings. The largest absolute Gasteiger partial charge is 0.468 e. The first-order valence-electron chi connectivity index (χ1n) is 3.60. The highest BCUT2D eigenvalue weighted by atomic mass is 35.5. The number of carbonyl (C=O) groups is 1. The standard InChI is InChI=1S/C7H13NO3.ClH/c1-8-7(6(9)10-2)3-4-11-5-7;/h8H,3-5H2,1-2H3;1H.